The predicted octanol–water partition coefficient (Wildman–Crippen LogP) is 2.62. The van der Waals surface area contributed by atoms with Gasteiger partial charge in [-0.05, 0) is 63.6 Å². The fourth-order valence-corrected chi connectivity index (χ4v) is 2.73. The maximum Gasteiger partial charge on any atom is 0.161 e. The van der Waals surface area contributed by atoms with E-state index in [0.29, 0.717) is 24.1 Å². The molecular formula is C19H34N2O3S. The third-order valence-electron chi connectivity index (χ3n) is 4.07. The lowest BCUT2D eigenvalue weighted by atomic mass is 10.2. The summed E-state index contributed by atoms with van der Waals surface area (Å²) in [5.41, 5.74) is 1.16. The quantitative estimate of drug-likeness (QED) is 0.521. The Hall–Kier alpha value is -0.950. The van der Waals surface area contributed by atoms with Crippen LogP contribution in [0.3, 0.4) is 0 Å². The van der Waals surface area contributed by atoms with Crippen LogP contribution in [0.2, 0.25) is 0 Å². The van der Waals surface area contributed by atoms with E-state index in [1.807, 2.05) is 37.0 Å². The van der Waals surface area contributed by atoms with Gasteiger partial charge >= 0.3 is 0 Å². The molecule has 6 heteroatoms. The molecule has 0 heterocycles. The van der Waals surface area contributed by atoms with Crippen molar-refractivity contribution in [2.75, 3.05) is 45.9 Å². The largest absolute Gasteiger partial charge is 0.493 e. The number of aliphatic hydroxyl groups is 1. The summed E-state index contributed by atoms with van der Waals surface area (Å²) in [7, 11) is 3.64. The number of hydrogen-bond acceptors (Lipinski definition) is 6. The van der Waals surface area contributed by atoms with E-state index in [2.05, 4.69) is 30.3 Å². The topological polar surface area (TPSA) is 54.0 Å². The first-order valence-corrected chi connectivity index (χ1v) is 10.2. The maximum absolute atomic E-state index is 10.1. The molecular weight excluding hydrogens is 336 g/mol. The molecule has 0 aliphatic carbocycles. The highest BCUT2D eigenvalue weighted by molar-refractivity contribution is 7.98. The molecule has 1 aromatic carbocycles. The highest BCUT2D eigenvalue weighted by Gasteiger charge is 2.13. The van der Waals surface area contributed by atoms with Gasteiger partial charge in [0.1, 0.15) is 12.7 Å². The Labute approximate surface area is 157 Å². The van der Waals surface area contributed by atoms with E-state index < -0.39 is 6.10 Å². The molecule has 1 rings (SSSR count). The summed E-state index contributed by atoms with van der Waals surface area (Å²) in [6, 6.07) is 6.33. The van der Waals surface area contributed by atoms with Gasteiger partial charge in [-0.2, -0.15) is 11.8 Å². The molecule has 5 nitrogen and oxygen atoms in total. The molecule has 1 atom stereocenters. The molecule has 0 spiro atoms. The third-order valence-corrected chi connectivity index (χ3v) is 4.77. The van der Waals surface area contributed by atoms with Crippen molar-refractivity contribution in [3.8, 4) is 11.5 Å². The van der Waals surface area contributed by atoms with Crippen LogP contribution in [0.1, 0.15) is 25.8 Å². The zero-order valence-electron chi connectivity index (χ0n) is 16.2. The van der Waals surface area contributed by atoms with Crippen LogP contribution in [0.4, 0.5) is 0 Å². The molecule has 144 valence electrons. The van der Waals surface area contributed by atoms with Gasteiger partial charge in [-0.25, -0.2) is 0 Å². The molecule has 0 fully saturated rings. The van der Waals surface area contributed by atoms with Gasteiger partial charge in [0.05, 0.1) is 7.11 Å². The Bertz CT molecular complexity index is 486. The Morgan fingerprint density at radius 2 is 2.04 bits per heavy atom. The summed E-state index contributed by atoms with van der Waals surface area (Å²) in [6.07, 6.45) is 2.76. The lowest BCUT2D eigenvalue weighted by Crippen LogP contribution is -2.36. The van der Waals surface area contributed by atoms with Gasteiger partial charge < -0.3 is 24.8 Å². The number of methoxy groups -OCH3 is 1. The summed E-state index contributed by atoms with van der Waals surface area (Å²) < 4.78 is 11.2. The molecule has 1 aromatic rings. The van der Waals surface area contributed by atoms with Gasteiger partial charge in [-0.15, -0.1) is 0 Å². The van der Waals surface area contributed by atoms with Crippen LogP contribution in [0.15, 0.2) is 18.2 Å². The number of thioether (sulfide) groups is 1. The lowest BCUT2D eigenvalue weighted by molar-refractivity contribution is 0.0668. The smallest absolute Gasteiger partial charge is 0.161 e. The number of ether oxygens (including phenoxy) is 2. The summed E-state index contributed by atoms with van der Waals surface area (Å²) >= 11 is 1.87. The number of likely N-dealkylation sites (N-methyl/N-ethyl adjacent to an activating group) is 1. The Morgan fingerprint density at radius 1 is 1.28 bits per heavy atom. The molecule has 0 radical (unpaired) electrons. The highest BCUT2D eigenvalue weighted by Crippen LogP contribution is 2.28. The van der Waals surface area contributed by atoms with Crippen LogP contribution in [0.5, 0.6) is 11.5 Å². The number of nitrogens with zero attached hydrogens (tertiary/aromatic N) is 1. The second kappa shape index (κ2) is 12.4. The molecule has 0 aliphatic heterocycles. The summed E-state index contributed by atoms with van der Waals surface area (Å²) in [4.78, 5) is 2.09. The summed E-state index contributed by atoms with van der Waals surface area (Å²) in [5.74, 6) is 2.55. The minimum atomic E-state index is -0.533. The van der Waals surface area contributed by atoms with E-state index >= 15 is 0 Å². The van der Waals surface area contributed by atoms with E-state index in [1.54, 1.807) is 7.11 Å². The van der Waals surface area contributed by atoms with Crippen LogP contribution >= 0.6 is 11.8 Å². The number of rotatable bonds is 13. The van der Waals surface area contributed by atoms with Crippen molar-refractivity contribution in [3.63, 3.8) is 0 Å². The maximum atomic E-state index is 10.1. The molecule has 1 unspecified atom stereocenters. The third kappa shape index (κ3) is 8.81. The standard InChI is InChI=1S/C19H34N2O3S/c1-15(2)21(3)13-17(22)14-24-18-8-7-16(11-19(18)23-4)12-20-9-6-10-25-5/h7-8,11,15,17,20,22H,6,9-10,12-14H2,1-5H3. The van der Waals surface area contributed by atoms with Crippen molar-refractivity contribution in [2.24, 2.45) is 0 Å². The lowest BCUT2D eigenvalue weighted by Gasteiger charge is -2.24. The molecule has 0 aliphatic rings. The average Bonchev–Trinajstić information content (AvgIpc) is 2.60. The molecule has 25 heavy (non-hydrogen) atoms. The van der Waals surface area contributed by atoms with Gasteiger partial charge in [-0.1, -0.05) is 6.07 Å². The summed E-state index contributed by atoms with van der Waals surface area (Å²) in [6.45, 7) is 6.86. The fraction of sp³-hybridized carbons (Fsp3) is 0.684. The first-order chi connectivity index (χ1) is 12.0. The molecule has 0 saturated carbocycles. The predicted molar refractivity (Wildman–Crippen MR) is 107 cm³/mol. The number of nitrogens with one attached hydrogen (secondary N) is 1. The fourth-order valence-electron chi connectivity index (χ4n) is 2.30. The van der Waals surface area contributed by atoms with Gasteiger partial charge in [0.2, 0.25) is 0 Å². The average molecular weight is 371 g/mol. The normalized spacial score (nSPS) is 12.6. The molecule has 2 N–H and O–H groups in total. The Balaban J connectivity index is 2.49. The van der Waals surface area contributed by atoms with E-state index in [9.17, 15) is 5.11 Å². The number of hydrogen-bond donors (Lipinski definition) is 2. The Kier molecular flexibility index (Phi) is 11.0. The van der Waals surface area contributed by atoms with Gasteiger partial charge in [0.25, 0.3) is 0 Å². The molecule has 0 saturated heterocycles. The van der Waals surface area contributed by atoms with E-state index in [-0.39, 0.29) is 6.61 Å². The zero-order valence-corrected chi connectivity index (χ0v) is 17.1. The minimum Gasteiger partial charge on any atom is -0.493 e. The van der Waals surface area contributed by atoms with Crippen LogP contribution in [-0.4, -0.2) is 68.0 Å². The van der Waals surface area contributed by atoms with Crippen LogP contribution in [0, 0.1) is 0 Å². The second-order valence-electron chi connectivity index (χ2n) is 6.51. The molecule has 0 bridgehead atoms. The Morgan fingerprint density at radius 3 is 2.68 bits per heavy atom. The van der Waals surface area contributed by atoms with E-state index in [0.717, 1.165) is 18.7 Å². The van der Waals surface area contributed by atoms with Gasteiger partial charge in [-0.3, -0.25) is 0 Å². The van der Waals surface area contributed by atoms with Crippen molar-refractivity contribution < 1.29 is 14.6 Å². The number of aliphatic hydroxyl groups excluding tert-OH is 1. The first kappa shape index (κ1) is 22.1. The number of benzene rings is 1. The van der Waals surface area contributed by atoms with Gasteiger partial charge in [0, 0.05) is 19.1 Å². The van der Waals surface area contributed by atoms with Crippen LogP contribution < -0.4 is 14.8 Å². The molecule has 0 aromatic heterocycles. The van der Waals surface area contributed by atoms with Crippen molar-refractivity contribution >= 4 is 11.8 Å². The van der Waals surface area contributed by atoms with Crippen LogP contribution in [0.25, 0.3) is 0 Å². The van der Waals surface area contributed by atoms with Crippen molar-refractivity contribution in [3.05, 3.63) is 23.8 Å². The molecule has 0 amide bonds. The SMILES string of the molecule is COc1cc(CNCCCSC)ccc1OCC(O)CN(C)C(C)C. The van der Waals surface area contributed by atoms with E-state index in [4.69, 9.17) is 9.47 Å². The van der Waals surface area contributed by atoms with Crippen molar-refractivity contribution in [1.29, 1.82) is 0 Å². The van der Waals surface area contributed by atoms with Crippen LogP contribution in [-0.2, 0) is 6.54 Å². The highest BCUT2D eigenvalue weighted by atomic mass is 32.2. The summed E-state index contributed by atoms with van der Waals surface area (Å²) in [5, 5.41) is 13.6. The zero-order chi connectivity index (χ0) is 18.7. The van der Waals surface area contributed by atoms with E-state index in [1.165, 1.54) is 12.2 Å². The monoisotopic (exact) mass is 370 g/mol. The minimum absolute atomic E-state index is 0.250. The van der Waals surface area contributed by atoms with Crippen molar-refractivity contribution in [2.45, 2.75) is 39.0 Å². The van der Waals surface area contributed by atoms with Gasteiger partial charge in [0.15, 0.2) is 11.5 Å². The van der Waals surface area contributed by atoms with Crippen molar-refractivity contribution in [1.82, 2.24) is 10.2 Å². The first-order valence-electron chi connectivity index (χ1n) is 8.85. The second-order valence-corrected chi connectivity index (χ2v) is 7.49.